The number of nitrogens with zero attached hydrogens (tertiary/aromatic N) is 4. The highest BCUT2D eigenvalue weighted by atomic mass is 15.3. The number of aromatic nitrogens is 4. The molecule has 0 saturated carbocycles. The molecule has 0 saturated heterocycles. The number of hydrogen-bond donors (Lipinski definition) is 1. The predicted octanol–water partition coefficient (Wildman–Crippen LogP) is 1.55. The summed E-state index contributed by atoms with van der Waals surface area (Å²) >= 11 is 0. The molecule has 19 heavy (non-hydrogen) atoms. The van der Waals surface area contributed by atoms with Crippen LogP contribution in [-0.2, 0) is 20.5 Å². The first-order valence-electron chi connectivity index (χ1n) is 6.30. The third-order valence-corrected chi connectivity index (χ3v) is 3.40. The summed E-state index contributed by atoms with van der Waals surface area (Å²) in [4.78, 5) is 0. The van der Waals surface area contributed by atoms with Crippen LogP contribution >= 0.6 is 0 Å². The number of aryl methyl sites for hydroxylation is 2. The van der Waals surface area contributed by atoms with Gasteiger partial charge in [-0.1, -0.05) is 18.2 Å². The summed E-state index contributed by atoms with van der Waals surface area (Å²) in [5.41, 5.74) is 9.45. The van der Waals surface area contributed by atoms with Crippen molar-refractivity contribution < 1.29 is 0 Å². The topological polar surface area (TPSA) is 61.7 Å². The van der Waals surface area contributed by atoms with Gasteiger partial charge in [0.25, 0.3) is 0 Å². The first-order chi connectivity index (χ1) is 9.15. The van der Waals surface area contributed by atoms with E-state index in [0.29, 0.717) is 6.42 Å². The summed E-state index contributed by atoms with van der Waals surface area (Å²) in [6.07, 6.45) is 4.48. The molecule has 3 rings (SSSR count). The first kappa shape index (κ1) is 11.9. The van der Waals surface area contributed by atoms with Gasteiger partial charge in [-0.05, 0) is 6.07 Å². The average molecular weight is 255 g/mol. The van der Waals surface area contributed by atoms with Crippen molar-refractivity contribution >= 4 is 10.9 Å². The second-order valence-corrected chi connectivity index (χ2v) is 4.85. The fraction of sp³-hybridized carbons (Fsp3) is 0.286. The van der Waals surface area contributed by atoms with E-state index in [9.17, 15) is 0 Å². The molecule has 0 aliphatic rings. The summed E-state index contributed by atoms with van der Waals surface area (Å²) in [7, 11) is 3.85. The van der Waals surface area contributed by atoms with Gasteiger partial charge in [-0.3, -0.25) is 9.36 Å². The Balaban J connectivity index is 1.93. The molecule has 0 bridgehead atoms. The number of nitrogens with two attached hydrogens (primary N) is 1. The van der Waals surface area contributed by atoms with Crippen LogP contribution in [0.5, 0.6) is 0 Å². The van der Waals surface area contributed by atoms with E-state index in [0.717, 1.165) is 16.8 Å². The molecule has 5 heteroatoms. The monoisotopic (exact) mass is 255 g/mol. The van der Waals surface area contributed by atoms with E-state index in [2.05, 4.69) is 22.3 Å². The molecule has 0 radical (unpaired) electrons. The fourth-order valence-corrected chi connectivity index (χ4v) is 2.40. The van der Waals surface area contributed by atoms with E-state index in [1.807, 2.05) is 43.3 Å². The highest BCUT2D eigenvalue weighted by Crippen LogP contribution is 2.22. The van der Waals surface area contributed by atoms with Crippen LogP contribution in [0.2, 0.25) is 0 Å². The van der Waals surface area contributed by atoms with Crippen molar-refractivity contribution in [2.75, 3.05) is 0 Å². The van der Waals surface area contributed by atoms with Crippen LogP contribution in [0.3, 0.4) is 0 Å². The summed E-state index contributed by atoms with van der Waals surface area (Å²) in [6, 6.07) is 8.14. The highest BCUT2D eigenvalue weighted by Gasteiger charge is 2.14. The average Bonchev–Trinajstić information content (AvgIpc) is 2.96. The number of para-hydroxylation sites is 1. The molecule has 2 aromatic heterocycles. The van der Waals surface area contributed by atoms with Crippen LogP contribution in [0.1, 0.15) is 17.3 Å². The van der Waals surface area contributed by atoms with Gasteiger partial charge in [-0.15, -0.1) is 0 Å². The molecule has 1 unspecified atom stereocenters. The van der Waals surface area contributed by atoms with Crippen LogP contribution in [0.25, 0.3) is 10.9 Å². The maximum atomic E-state index is 6.24. The minimum absolute atomic E-state index is 0.0768. The van der Waals surface area contributed by atoms with Gasteiger partial charge in [-0.2, -0.15) is 10.2 Å². The SMILES string of the molecule is Cn1cc(C(N)Cc2nn(C)c3ccccc23)cn1. The maximum Gasteiger partial charge on any atom is 0.0722 e. The third kappa shape index (κ3) is 2.13. The fourth-order valence-electron chi connectivity index (χ4n) is 2.40. The smallest absolute Gasteiger partial charge is 0.0722 e. The van der Waals surface area contributed by atoms with Gasteiger partial charge >= 0.3 is 0 Å². The van der Waals surface area contributed by atoms with Gasteiger partial charge in [0.05, 0.1) is 17.4 Å². The second-order valence-electron chi connectivity index (χ2n) is 4.85. The van der Waals surface area contributed by atoms with Crippen molar-refractivity contribution in [3.05, 3.63) is 47.9 Å². The highest BCUT2D eigenvalue weighted by molar-refractivity contribution is 5.81. The summed E-state index contributed by atoms with van der Waals surface area (Å²) in [5, 5.41) is 9.90. The van der Waals surface area contributed by atoms with E-state index in [4.69, 9.17) is 5.73 Å². The molecular weight excluding hydrogens is 238 g/mol. The standard InChI is InChI=1S/C14H17N5/c1-18-9-10(8-16-18)12(15)7-13-11-5-3-4-6-14(11)19(2)17-13/h3-6,8-9,12H,7,15H2,1-2H3. The largest absolute Gasteiger partial charge is 0.324 e. The number of benzene rings is 1. The van der Waals surface area contributed by atoms with Crippen molar-refractivity contribution in [2.45, 2.75) is 12.5 Å². The maximum absolute atomic E-state index is 6.24. The number of fused-ring (bicyclic) bond motifs is 1. The Hall–Kier alpha value is -2.14. The van der Waals surface area contributed by atoms with Gasteiger partial charge in [-0.25, -0.2) is 0 Å². The second kappa shape index (κ2) is 4.51. The lowest BCUT2D eigenvalue weighted by atomic mass is 10.0. The normalized spacial score (nSPS) is 13.0. The van der Waals surface area contributed by atoms with Crippen LogP contribution in [-0.4, -0.2) is 19.6 Å². The molecule has 0 spiro atoms. The summed E-state index contributed by atoms with van der Waals surface area (Å²) in [5.74, 6) is 0. The van der Waals surface area contributed by atoms with E-state index < -0.39 is 0 Å². The van der Waals surface area contributed by atoms with Gasteiger partial charge in [0, 0.05) is 43.7 Å². The molecule has 0 amide bonds. The molecule has 1 atom stereocenters. The van der Waals surface area contributed by atoms with Gasteiger partial charge in [0.1, 0.15) is 0 Å². The summed E-state index contributed by atoms with van der Waals surface area (Å²) < 4.78 is 3.67. The molecule has 0 aliphatic carbocycles. The molecule has 1 aromatic carbocycles. The molecule has 0 aliphatic heterocycles. The molecule has 2 N–H and O–H groups in total. The van der Waals surface area contributed by atoms with Crippen LogP contribution < -0.4 is 5.73 Å². The molecule has 5 nitrogen and oxygen atoms in total. The van der Waals surface area contributed by atoms with E-state index in [1.165, 1.54) is 5.39 Å². The van der Waals surface area contributed by atoms with Crippen LogP contribution in [0.4, 0.5) is 0 Å². The quantitative estimate of drug-likeness (QED) is 0.772. The van der Waals surface area contributed by atoms with Crippen molar-refractivity contribution in [1.29, 1.82) is 0 Å². The molecule has 0 fully saturated rings. The van der Waals surface area contributed by atoms with Crippen molar-refractivity contribution in [2.24, 2.45) is 19.8 Å². The minimum atomic E-state index is -0.0768. The molecule has 98 valence electrons. The Labute approximate surface area is 111 Å². The van der Waals surface area contributed by atoms with E-state index >= 15 is 0 Å². The molecule has 2 heterocycles. The lowest BCUT2D eigenvalue weighted by molar-refractivity contribution is 0.680. The van der Waals surface area contributed by atoms with Crippen molar-refractivity contribution in [3.8, 4) is 0 Å². The predicted molar refractivity (Wildman–Crippen MR) is 74.6 cm³/mol. The molecule has 3 aromatic rings. The van der Waals surface area contributed by atoms with E-state index in [1.54, 1.807) is 4.68 Å². The van der Waals surface area contributed by atoms with E-state index in [-0.39, 0.29) is 6.04 Å². The van der Waals surface area contributed by atoms with Crippen LogP contribution in [0.15, 0.2) is 36.7 Å². The Morgan fingerprint density at radius 1 is 1.26 bits per heavy atom. The Kier molecular flexibility index (Phi) is 2.83. The zero-order chi connectivity index (χ0) is 13.4. The third-order valence-electron chi connectivity index (χ3n) is 3.40. The van der Waals surface area contributed by atoms with Crippen LogP contribution in [0, 0.1) is 0 Å². The van der Waals surface area contributed by atoms with Gasteiger partial charge in [0.15, 0.2) is 0 Å². The first-order valence-corrected chi connectivity index (χ1v) is 6.30. The Morgan fingerprint density at radius 3 is 2.79 bits per heavy atom. The minimum Gasteiger partial charge on any atom is -0.324 e. The summed E-state index contributed by atoms with van der Waals surface area (Å²) in [6.45, 7) is 0. The zero-order valence-electron chi connectivity index (χ0n) is 11.1. The zero-order valence-corrected chi connectivity index (χ0v) is 11.1. The Bertz CT molecular complexity index is 710. The Morgan fingerprint density at radius 2 is 2.05 bits per heavy atom. The lowest BCUT2D eigenvalue weighted by Crippen LogP contribution is -2.13. The van der Waals surface area contributed by atoms with Gasteiger partial charge < -0.3 is 5.73 Å². The molecular formula is C14H17N5. The van der Waals surface area contributed by atoms with Crippen molar-refractivity contribution in [3.63, 3.8) is 0 Å². The van der Waals surface area contributed by atoms with Crippen molar-refractivity contribution in [1.82, 2.24) is 19.6 Å². The van der Waals surface area contributed by atoms with Gasteiger partial charge in [0.2, 0.25) is 0 Å². The number of hydrogen-bond acceptors (Lipinski definition) is 3. The number of rotatable bonds is 3. The lowest BCUT2D eigenvalue weighted by Gasteiger charge is -2.07.